The van der Waals surface area contributed by atoms with Crippen molar-refractivity contribution in [1.82, 2.24) is 0 Å². The topological polar surface area (TPSA) is 20.2 Å². The Morgan fingerprint density at radius 1 is 1.24 bits per heavy atom. The lowest BCUT2D eigenvalue weighted by atomic mass is 9.63. The van der Waals surface area contributed by atoms with Crippen molar-refractivity contribution in [2.45, 2.75) is 38.5 Å². The van der Waals surface area contributed by atoms with Gasteiger partial charge in [-0.05, 0) is 71.0 Å². The number of aryl methyl sites for hydroxylation is 1. The Kier molecular flexibility index (Phi) is 2.60. The number of rotatable bonds is 0. The van der Waals surface area contributed by atoms with E-state index in [1.807, 2.05) is 6.07 Å². The van der Waals surface area contributed by atoms with Gasteiger partial charge in [0.05, 0.1) is 0 Å². The summed E-state index contributed by atoms with van der Waals surface area (Å²) in [6.07, 6.45) is 10.4. The van der Waals surface area contributed by atoms with Gasteiger partial charge in [0, 0.05) is 5.92 Å². The lowest BCUT2D eigenvalue weighted by Gasteiger charge is -2.40. The Balaban J connectivity index is 1.91. The smallest absolute Gasteiger partial charge is 0.116 e. The summed E-state index contributed by atoms with van der Waals surface area (Å²) in [5.41, 5.74) is 3.25. The van der Waals surface area contributed by atoms with Crippen LogP contribution < -0.4 is 0 Å². The van der Waals surface area contributed by atoms with E-state index < -0.39 is 0 Å². The molecule has 0 unspecified atom stereocenters. The number of terminal acetylenes is 1. The molecule has 21 heavy (non-hydrogen) atoms. The van der Waals surface area contributed by atoms with E-state index in [9.17, 15) is 5.11 Å². The zero-order valence-electron chi connectivity index (χ0n) is 12.4. The van der Waals surface area contributed by atoms with Crippen molar-refractivity contribution in [3.8, 4) is 18.1 Å². The van der Waals surface area contributed by atoms with Crippen LogP contribution in [0.15, 0.2) is 30.3 Å². The number of fused-ring (bicyclic) bond motifs is 5. The fourth-order valence-corrected chi connectivity index (χ4v) is 4.77. The molecular formula is C20H20O. The number of phenolic OH excluding ortho intramolecular Hbond substituents is 1. The third kappa shape index (κ3) is 1.65. The predicted octanol–water partition coefficient (Wildman–Crippen LogP) is 4.62. The van der Waals surface area contributed by atoms with E-state index in [-0.39, 0.29) is 5.41 Å². The molecule has 4 rings (SSSR count). The molecule has 106 valence electrons. The molecule has 1 saturated carbocycles. The molecule has 0 aromatic heterocycles. The van der Waals surface area contributed by atoms with Gasteiger partial charge in [-0.25, -0.2) is 0 Å². The molecule has 2 aliphatic carbocycles. The summed E-state index contributed by atoms with van der Waals surface area (Å²) in [6, 6.07) is 10.2. The summed E-state index contributed by atoms with van der Waals surface area (Å²) in [5, 5.41) is 12.1. The highest BCUT2D eigenvalue weighted by molar-refractivity contribution is 5.88. The van der Waals surface area contributed by atoms with Crippen LogP contribution in [0, 0.1) is 23.7 Å². The number of phenols is 1. The van der Waals surface area contributed by atoms with Gasteiger partial charge in [0.1, 0.15) is 5.75 Å². The number of aromatic hydroxyl groups is 1. The SMILES string of the molecule is C#C[C@H]1CC[C@H]2c3ccc4cc(O)ccc4c3CC[C@]12C. The summed E-state index contributed by atoms with van der Waals surface area (Å²) in [5.74, 6) is 4.41. The van der Waals surface area contributed by atoms with E-state index in [1.54, 1.807) is 6.07 Å². The summed E-state index contributed by atoms with van der Waals surface area (Å²) in [7, 11) is 0. The van der Waals surface area contributed by atoms with Gasteiger partial charge in [-0.15, -0.1) is 12.3 Å². The lowest BCUT2D eigenvalue weighted by molar-refractivity contribution is 0.211. The summed E-state index contributed by atoms with van der Waals surface area (Å²) in [4.78, 5) is 0. The fourth-order valence-electron chi connectivity index (χ4n) is 4.77. The predicted molar refractivity (Wildman–Crippen MR) is 86.3 cm³/mol. The molecule has 0 aliphatic heterocycles. The molecule has 0 amide bonds. The third-order valence-corrected chi connectivity index (χ3v) is 5.98. The van der Waals surface area contributed by atoms with E-state index in [0.29, 0.717) is 17.6 Å². The van der Waals surface area contributed by atoms with Crippen LogP contribution in [0.3, 0.4) is 0 Å². The Bertz CT molecular complexity index is 767. The Labute approximate surface area is 126 Å². The molecule has 2 aliphatic rings. The zero-order valence-corrected chi connectivity index (χ0v) is 12.4. The fraction of sp³-hybridized carbons (Fsp3) is 0.400. The first-order valence-corrected chi connectivity index (χ1v) is 7.84. The average molecular weight is 276 g/mol. The van der Waals surface area contributed by atoms with E-state index >= 15 is 0 Å². The molecule has 1 fully saturated rings. The second-order valence-electron chi connectivity index (χ2n) is 6.89. The monoisotopic (exact) mass is 276 g/mol. The van der Waals surface area contributed by atoms with Crippen molar-refractivity contribution in [2.75, 3.05) is 0 Å². The van der Waals surface area contributed by atoms with Crippen LogP contribution >= 0.6 is 0 Å². The number of hydrogen-bond acceptors (Lipinski definition) is 1. The van der Waals surface area contributed by atoms with Gasteiger partial charge in [-0.3, -0.25) is 0 Å². The molecule has 1 nitrogen and oxygen atoms in total. The minimum absolute atomic E-state index is 0.270. The van der Waals surface area contributed by atoms with Crippen molar-refractivity contribution in [1.29, 1.82) is 0 Å². The maximum absolute atomic E-state index is 9.67. The first-order chi connectivity index (χ1) is 10.1. The number of benzene rings is 2. The summed E-state index contributed by atoms with van der Waals surface area (Å²) in [6.45, 7) is 2.39. The Morgan fingerprint density at radius 3 is 2.90 bits per heavy atom. The van der Waals surface area contributed by atoms with Crippen molar-refractivity contribution in [2.24, 2.45) is 11.3 Å². The summed E-state index contributed by atoms with van der Waals surface area (Å²) < 4.78 is 0. The summed E-state index contributed by atoms with van der Waals surface area (Å²) >= 11 is 0. The van der Waals surface area contributed by atoms with Gasteiger partial charge in [-0.2, -0.15) is 0 Å². The molecule has 1 N–H and O–H groups in total. The molecule has 2 aromatic rings. The van der Waals surface area contributed by atoms with Crippen LogP contribution in [0.2, 0.25) is 0 Å². The van der Waals surface area contributed by atoms with Gasteiger partial charge in [0.2, 0.25) is 0 Å². The molecule has 0 saturated heterocycles. The minimum Gasteiger partial charge on any atom is -0.508 e. The van der Waals surface area contributed by atoms with Crippen molar-refractivity contribution < 1.29 is 5.11 Å². The Morgan fingerprint density at radius 2 is 2.10 bits per heavy atom. The largest absolute Gasteiger partial charge is 0.508 e. The second-order valence-corrected chi connectivity index (χ2v) is 6.89. The second kappa shape index (κ2) is 4.28. The van der Waals surface area contributed by atoms with E-state index in [1.165, 1.54) is 29.4 Å². The lowest BCUT2D eigenvalue weighted by Crippen LogP contribution is -2.31. The normalized spacial score (nSPS) is 30.7. The van der Waals surface area contributed by atoms with Crippen LogP contribution in [-0.4, -0.2) is 5.11 Å². The molecule has 0 spiro atoms. The molecule has 1 heteroatoms. The van der Waals surface area contributed by atoms with Gasteiger partial charge in [0.15, 0.2) is 0 Å². The van der Waals surface area contributed by atoms with E-state index in [4.69, 9.17) is 6.42 Å². The van der Waals surface area contributed by atoms with Crippen molar-refractivity contribution in [3.63, 3.8) is 0 Å². The maximum Gasteiger partial charge on any atom is 0.116 e. The molecule has 0 heterocycles. The molecule has 0 radical (unpaired) electrons. The average Bonchev–Trinajstić information content (AvgIpc) is 2.83. The molecule has 2 aromatic carbocycles. The van der Waals surface area contributed by atoms with E-state index in [2.05, 4.69) is 31.0 Å². The molecule has 3 atom stereocenters. The molecular weight excluding hydrogens is 256 g/mol. The first kappa shape index (κ1) is 12.8. The highest BCUT2D eigenvalue weighted by Crippen LogP contribution is 2.59. The highest BCUT2D eigenvalue weighted by Gasteiger charge is 2.48. The van der Waals surface area contributed by atoms with Crippen LogP contribution in [0.1, 0.15) is 43.2 Å². The van der Waals surface area contributed by atoms with Crippen molar-refractivity contribution in [3.05, 3.63) is 41.5 Å². The zero-order chi connectivity index (χ0) is 14.6. The third-order valence-electron chi connectivity index (χ3n) is 5.98. The standard InChI is InChI=1S/C20H20O/c1-3-14-5-9-19-18-7-4-13-12-15(21)6-8-16(13)17(18)10-11-20(14,19)2/h1,4,6-8,12,14,19,21H,5,9-11H2,2H3/t14-,19-,20+/m0/s1. The maximum atomic E-state index is 9.67. The molecule has 0 bridgehead atoms. The Hall–Kier alpha value is -1.94. The van der Waals surface area contributed by atoms with Crippen LogP contribution in [0.25, 0.3) is 10.8 Å². The van der Waals surface area contributed by atoms with Gasteiger partial charge in [0.25, 0.3) is 0 Å². The van der Waals surface area contributed by atoms with Crippen LogP contribution in [-0.2, 0) is 6.42 Å². The number of hydrogen-bond donors (Lipinski definition) is 1. The quantitative estimate of drug-likeness (QED) is 0.696. The van der Waals surface area contributed by atoms with Crippen LogP contribution in [0.4, 0.5) is 0 Å². The highest BCUT2D eigenvalue weighted by atomic mass is 16.3. The van der Waals surface area contributed by atoms with Gasteiger partial charge >= 0.3 is 0 Å². The first-order valence-electron chi connectivity index (χ1n) is 7.84. The van der Waals surface area contributed by atoms with Gasteiger partial charge in [-0.1, -0.05) is 25.1 Å². The van der Waals surface area contributed by atoms with Gasteiger partial charge < -0.3 is 5.11 Å². The van der Waals surface area contributed by atoms with E-state index in [0.717, 1.165) is 18.2 Å². The minimum atomic E-state index is 0.270. The van der Waals surface area contributed by atoms with Crippen molar-refractivity contribution >= 4 is 10.8 Å². The van der Waals surface area contributed by atoms with Crippen LogP contribution in [0.5, 0.6) is 5.75 Å².